The predicted octanol–water partition coefficient (Wildman–Crippen LogP) is 2.26. The summed E-state index contributed by atoms with van der Waals surface area (Å²) in [6, 6.07) is 5.09. The van der Waals surface area contributed by atoms with Gasteiger partial charge in [0.1, 0.15) is 5.52 Å². The Bertz CT molecular complexity index is 749. The maximum Gasteiger partial charge on any atom is 0.344 e. The molecule has 0 atom stereocenters. The van der Waals surface area contributed by atoms with Gasteiger partial charge in [0.05, 0.1) is 10.0 Å². The van der Waals surface area contributed by atoms with Crippen molar-refractivity contribution in [2.45, 2.75) is 6.92 Å². The Kier molecular flexibility index (Phi) is 5.05. The van der Waals surface area contributed by atoms with Crippen LogP contribution in [0.4, 0.5) is 0 Å². The summed E-state index contributed by atoms with van der Waals surface area (Å²) in [6.07, 6.45) is 0. The van der Waals surface area contributed by atoms with E-state index in [1.807, 2.05) is 0 Å². The number of fused-ring (bicyclic) bond motifs is 1. The minimum Gasteiger partial charge on any atom is -0.478 e. The molecule has 2 rings (SSSR count). The summed E-state index contributed by atoms with van der Waals surface area (Å²) < 4.78 is 9.97. The number of carbonyl (C=O) groups excluding carboxylic acids is 2. The zero-order valence-electron chi connectivity index (χ0n) is 11.6. The fourth-order valence-corrected chi connectivity index (χ4v) is 2.32. The van der Waals surface area contributed by atoms with E-state index in [1.54, 1.807) is 19.1 Å². The van der Waals surface area contributed by atoms with Gasteiger partial charge in [-0.25, -0.2) is 9.78 Å². The Morgan fingerprint density at radius 2 is 1.95 bits per heavy atom. The summed E-state index contributed by atoms with van der Waals surface area (Å²) in [5, 5.41) is 1.30. The summed E-state index contributed by atoms with van der Waals surface area (Å²) in [4.78, 5) is 26.3. The van der Waals surface area contributed by atoms with Crippen molar-refractivity contribution < 1.29 is 19.1 Å². The van der Waals surface area contributed by atoms with Crippen LogP contribution in [0.2, 0.25) is 10.0 Å². The molecule has 0 spiro atoms. The lowest BCUT2D eigenvalue weighted by Crippen LogP contribution is -2.23. The third-order valence-corrected chi connectivity index (χ3v) is 3.28. The molecule has 0 radical (unpaired) electrons. The second-order valence-electron chi connectivity index (χ2n) is 4.43. The first-order chi connectivity index (χ1) is 10.4. The summed E-state index contributed by atoms with van der Waals surface area (Å²) in [7, 11) is 0. The van der Waals surface area contributed by atoms with E-state index in [4.69, 9.17) is 33.7 Å². The number of esters is 1. The fraction of sp³-hybridized carbons (Fsp3) is 0.214. The number of rotatable bonds is 5. The van der Waals surface area contributed by atoms with Crippen molar-refractivity contribution >= 4 is 46.0 Å². The van der Waals surface area contributed by atoms with Gasteiger partial charge in [-0.1, -0.05) is 23.2 Å². The summed E-state index contributed by atoms with van der Waals surface area (Å²) in [6.45, 7) is 0.868. The van der Waals surface area contributed by atoms with Crippen LogP contribution < -0.4 is 10.5 Å². The Hall–Kier alpha value is -2.05. The Morgan fingerprint density at radius 3 is 2.64 bits per heavy atom. The van der Waals surface area contributed by atoms with Gasteiger partial charge in [0, 0.05) is 11.1 Å². The van der Waals surface area contributed by atoms with Gasteiger partial charge in [-0.3, -0.25) is 4.79 Å². The van der Waals surface area contributed by atoms with Gasteiger partial charge < -0.3 is 15.2 Å². The van der Waals surface area contributed by atoms with Crippen LogP contribution in [0, 0.1) is 6.92 Å². The number of pyridine rings is 1. The quantitative estimate of drug-likeness (QED) is 0.841. The van der Waals surface area contributed by atoms with E-state index in [9.17, 15) is 9.59 Å². The van der Waals surface area contributed by atoms with Crippen LogP contribution in [0.5, 0.6) is 5.75 Å². The van der Waals surface area contributed by atoms with Crippen LogP contribution >= 0.6 is 23.2 Å². The number of hydrogen-bond acceptors (Lipinski definition) is 5. The highest BCUT2D eigenvalue weighted by Gasteiger charge is 2.15. The number of nitrogens with two attached hydrogens (primary N) is 1. The van der Waals surface area contributed by atoms with E-state index >= 15 is 0 Å². The van der Waals surface area contributed by atoms with Gasteiger partial charge in [0.25, 0.3) is 5.91 Å². The molecule has 0 aliphatic heterocycles. The third-order valence-electron chi connectivity index (χ3n) is 2.69. The molecule has 116 valence electrons. The van der Waals surface area contributed by atoms with Crippen molar-refractivity contribution in [2.24, 2.45) is 5.73 Å². The van der Waals surface area contributed by atoms with Crippen molar-refractivity contribution in [1.82, 2.24) is 4.98 Å². The van der Waals surface area contributed by atoms with E-state index < -0.39 is 25.1 Å². The molecule has 6 nitrogen and oxygen atoms in total. The Morgan fingerprint density at radius 1 is 1.23 bits per heavy atom. The number of primary amides is 1. The summed E-state index contributed by atoms with van der Waals surface area (Å²) in [5.74, 6) is -1.27. The molecular formula is C14H12Cl2N2O4. The average Bonchev–Trinajstić information content (AvgIpc) is 2.44. The molecule has 8 heteroatoms. The summed E-state index contributed by atoms with van der Waals surface area (Å²) in [5.41, 5.74) is 6.06. The first-order valence-corrected chi connectivity index (χ1v) is 6.96. The first-order valence-electron chi connectivity index (χ1n) is 6.20. The lowest BCUT2D eigenvalue weighted by molar-refractivity contribution is -0.149. The minimum atomic E-state index is -0.749. The van der Waals surface area contributed by atoms with Gasteiger partial charge in [-0.15, -0.1) is 0 Å². The van der Waals surface area contributed by atoms with Crippen LogP contribution in [0.15, 0.2) is 18.2 Å². The zero-order chi connectivity index (χ0) is 16.3. The topological polar surface area (TPSA) is 91.5 Å². The number of nitrogens with zero attached hydrogens (tertiary/aromatic N) is 1. The molecule has 1 aromatic heterocycles. The van der Waals surface area contributed by atoms with Crippen LogP contribution in [0.25, 0.3) is 10.9 Å². The second kappa shape index (κ2) is 6.81. The molecule has 0 aliphatic rings. The molecule has 1 aromatic carbocycles. The van der Waals surface area contributed by atoms with Crippen LogP contribution in [-0.4, -0.2) is 30.1 Å². The molecule has 0 fully saturated rings. The zero-order valence-corrected chi connectivity index (χ0v) is 13.1. The highest BCUT2D eigenvalue weighted by Crippen LogP contribution is 2.37. The van der Waals surface area contributed by atoms with Gasteiger partial charge in [-0.2, -0.15) is 0 Å². The van der Waals surface area contributed by atoms with Crippen molar-refractivity contribution in [2.75, 3.05) is 13.2 Å². The molecular weight excluding hydrogens is 331 g/mol. The maximum atomic E-state index is 11.5. The first kappa shape index (κ1) is 16.3. The molecule has 2 aromatic rings. The molecule has 1 heterocycles. The fourth-order valence-electron chi connectivity index (χ4n) is 1.75. The van der Waals surface area contributed by atoms with Crippen LogP contribution in [0.1, 0.15) is 5.69 Å². The summed E-state index contributed by atoms with van der Waals surface area (Å²) >= 11 is 12.2. The van der Waals surface area contributed by atoms with Gasteiger partial charge >= 0.3 is 5.97 Å². The number of benzene rings is 1. The molecule has 0 aliphatic carbocycles. The van der Waals surface area contributed by atoms with E-state index in [2.05, 4.69) is 9.72 Å². The molecule has 0 saturated heterocycles. The van der Waals surface area contributed by atoms with E-state index in [0.29, 0.717) is 15.9 Å². The Labute approximate surface area is 136 Å². The third kappa shape index (κ3) is 3.78. The lowest BCUT2D eigenvalue weighted by Gasteiger charge is -2.11. The molecule has 0 saturated carbocycles. The van der Waals surface area contributed by atoms with Crippen LogP contribution in [-0.2, 0) is 14.3 Å². The van der Waals surface area contributed by atoms with E-state index in [1.165, 1.54) is 6.07 Å². The number of hydrogen-bond donors (Lipinski definition) is 1. The number of halogens is 2. The normalized spacial score (nSPS) is 10.5. The molecule has 1 amide bonds. The number of aromatic nitrogens is 1. The van der Waals surface area contributed by atoms with Crippen molar-refractivity contribution in [3.8, 4) is 5.75 Å². The molecule has 0 unspecified atom stereocenters. The monoisotopic (exact) mass is 342 g/mol. The maximum absolute atomic E-state index is 11.5. The highest BCUT2D eigenvalue weighted by atomic mass is 35.5. The van der Waals surface area contributed by atoms with Crippen molar-refractivity contribution in [3.63, 3.8) is 0 Å². The standard InChI is InChI=1S/C14H12Cl2N2O4/c1-7-2-3-8-9(15)4-10(16)14(13(8)18-7)22-6-12(20)21-5-11(17)19/h2-4H,5-6H2,1H3,(H2,17,19). The Balaban J connectivity index is 2.25. The molecule has 0 bridgehead atoms. The van der Waals surface area contributed by atoms with Gasteiger partial charge in [-0.05, 0) is 25.1 Å². The van der Waals surface area contributed by atoms with E-state index in [0.717, 1.165) is 5.69 Å². The predicted molar refractivity (Wildman–Crippen MR) is 82.1 cm³/mol. The lowest BCUT2D eigenvalue weighted by atomic mass is 10.2. The molecule has 2 N–H and O–H groups in total. The number of carbonyl (C=O) groups is 2. The largest absolute Gasteiger partial charge is 0.478 e. The van der Waals surface area contributed by atoms with Gasteiger partial charge in [0.15, 0.2) is 19.0 Å². The van der Waals surface area contributed by atoms with Gasteiger partial charge in [0.2, 0.25) is 0 Å². The smallest absolute Gasteiger partial charge is 0.344 e. The van der Waals surface area contributed by atoms with Crippen LogP contribution in [0.3, 0.4) is 0 Å². The van der Waals surface area contributed by atoms with E-state index in [-0.39, 0.29) is 10.8 Å². The van der Waals surface area contributed by atoms with Crippen molar-refractivity contribution in [1.29, 1.82) is 0 Å². The second-order valence-corrected chi connectivity index (χ2v) is 5.25. The highest BCUT2D eigenvalue weighted by molar-refractivity contribution is 6.39. The average molecular weight is 343 g/mol. The minimum absolute atomic E-state index is 0.221. The SMILES string of the molecule is Cc1ccc2c(Cl)cc(Cl)c(OCC(=O)OCC(N)=O)c2n1. The number of ether oxygens (including phenoxy) is 2. The number of aryl methyl sites for hydroxylation is 1. The molecule has 22 heavy (non-hydrogen) atoms. The van der Waals surface area contributed by atoms with Crippen molar-refractivity contribution in [3.05, 3.63) is 33.9 Å². The number of amides is 1.